The molecule has 0 radical (unpaired) electrons. The number of anilines is 1. The molecule has 0 saturated carbocycles. The Hall–Kier alpha value is -2.01. The van der Waals surface area contributed by atoms with Gasteiger partial charge in [0.05, 0.1) is 12.6 Å². The number of hydrogen-bond acceptors (Lipinski definition) is 4. The molecule has 1 aromatic heterocycles. The van der Waals surface area contributed by atoms with Crippen molar-refractivity contribution < 1.29 is 9.34 Å². The summed E-state index contributed by atoms with van der Waals surface area (Å²) in [5.74, 6) is 0.254. The highest BCUT2D eigenvalue weighted by Crippen LogP contribution is 2.18. The van der Waals surface area contributed by atoms with Gasteiger partial charge in [0.25, 0.3) is 0 Å². The molecule has 0 unspecified atom stereocenters. The van der Waals surface area contributed by atoms with Crippen LogP contribution in [0.2, 0.25) is 5.02 Å². The largest absolute Gasteiger partial charge is 0.433 e. The molecule has 0 aliphatic carbocycles. The minimum atomic E-state index is -0.564. The predicted molar refractivity (Wildman–Crippen MR) is 64.1 cm³/mol. The molecular weight excluding hydrogens is 244 g/mol. The van der Waals surface area contributed by atoms with E-state index in [2.05, 4.69) is 5.32 Å². The highest BCUT2D eigenvalue weighted by molar-refractivity contribution is 6.30. The summed E-state index contributed by atoms with van der Waals surface area (Å²) < 4.78 is 5.00. The van der Waals surface area contributed by atoms with Crippen molar-refractivity contribution in [2.45, 2.75) is 6.54 Å². The summed E-state index contributed by atoms with van der Waals surface area (Å²) in [6.07, 6.45) is 0. The molecular formula is C11H9ClN2O3. The minimum absolute atomic E-state index is 0.252. The second-order valence-electron chi connectivity index (χ2n) is 3.36. The van der Waals surface area contributed by atoms with Gasteiger partial charge in [-0.3, -0.25) is 10.1 Å². The van der Waals surface area contributed by atoms with Crippen molar-refractivity contribution >= 4 is 23.2 Å². The third kappa shape index (κ3) is 2.98. The summed E-state index contributed by atoms with van der Waals surface area (Å²) in [7, 11) is 0. The number of nitro groups is 1. The fourth-order valence-electron chi connectivity index (χ4n) is 1.32. The lowest BCUT2D eigenvalue weighted by atomic mass is 10.3. The molecule has 0 bridgehead atoms. The molecule has 0 aliphatic heterocycles. The van der Waals surface area contributed by atoms with Crippen LogP contribution in [-0.4, -0.2) is 4.92 Å². The zero-order chi connectivity index (χ0) is 12.3. The topological polar surface area (TPSA) is 68.3 Å². The van der Waals surface area contributed by atoms with Crippen molar-refractivity contribution in [1.29, 1.82) is 0 Å². The summed E-state index contributed by atoms with van der Waals surface area (Å²) >= 11 is 5.75. The van der Waals surface area contributed by atoms with Gasteiger partial charge in [0, 0.05) is 10.7 Å². The summed E-state index contributed by atoms with van der Waals surface area (Å²) in [6.45, 7) is 0.384. The summed E-state index contributed by atoms with van der Waals surface area (Å²) in [5.41, 5.74) is 0.869. The van der Waals surface area contributed by atoms with Gasteiger partial charge in [0.1, 0.15) is 10.7 Å². The van der Waals surface area contributed by atoms with E-state index < -0.39 is 4.92 Å². The van der Waals surface area contributed by atoms with E-state index in [1.165, 1.54) is 6.07 Å². The maximum absolute atomic E-state index is 10.4. The Kier molecular flexibility index (Phi) is 3.30. The Morgan fingerprint density at radius 3 is 2.53 bits per heavy atom. The third-order valence-corrected chi connectivity index (χ3v) is 2.39. The number of rotatable bonds is 4. The van der Waals surface area contributed by atoms with Gasteiger partial charge in [0.15, 0.2) is 0 Å². The lowest BCUT2D eigenvalue weighted by Gasteiger charge is -2.03. The van der Waals surface area contributed by atoms with Crippen LogP contribution < -0.4 is 5.32 Å². The summed E-state index contributed by atoms with van der Waals surface area (Å²) in [4.78, 5) is 9.84. The molecule has 0 saturated heterocycles. The molecule has 0 aliphatic rings. The number of hydrogen-bond donors (Lipinski definition) is 1. The zero-order valence-electron chi connectivity index (χ0n) is 8.72. The number of benzene rings is 1. The first-order valence-corrected chi connectivity index (χ1v) is 5.25. The van der Waals surface area contributed by atoms with Gasteiger partial charge in [-0.1, -0.05) is 11.6 Å². The maximum Gasteiger partial charge on any atom is 0.433 e. The summed E-state index contributed by atoms with van der Waals surface area (Å²) in [6, 6.07) is 10.1. The van der Waals surface area contributed by atoms with E-state index in [4.69, 9.17) is 16.0 Å². The molecule has 2 aromatic rings. The van der Waals surface area contributed by atoms with Gasteiger partial charge in [-0.25, -0.2) is 0 Å². The van der Waals surface area contributed by atoms with Crippen molar-refractivity contribution in [3.63, 3.8) is 0 Å². The van der Waals surface area contributed by atoms with E-state index in [9.17, 15) is 10.1 Å². The standard InChI is InChI=1S/C11H9ClN2O3/c12-8-1-3-9(4-2-8)13-7-10-5-6-11(17-10)14(15)16/h1-6,13H,7H2. The quantitative estimate of drug-likeness (QED) is 0.668. The van der Waals surface area contributed by atoms with Crippen molar-refractivity contribution in [1.82, 2.24) is 0 Å². The van der Waals surface area contributed by atoms with Gasteiger partial charge >= 0.3 is 5.88 Å². The van der Waals surface area contributed by atoms with Crippen LogP contribution in [0.25, 0.3) is 0 Å². The van der Waals surface area contributed by atoms with E-state index in [1.54, 1.807) is 18.2 Å². The Morgan fingerprint density at radius 2 is 1.94 bits per heavy atom. The molecule has 0 atom stereocenters. The van der Waals surface area contributed by atoms with Crippen molar-refractivity contribution in [3.8, 4) is 0 Å². The molecule has 0 fully saturated rings. The van der Waals surface area contributed by atoms with Crippen LogP contribution in [0.4, 0.5) is 11.6 Å². The molecule has 1 N–H and O–H groups in total. The van der Waals surface area contributed by atoms with Crippen molar-refractivity contribution in [3.05, 3.63) is 57.3 Å². The number of halogens is 1. The van der Waals surface area contributed by atoms with E-state index in [0.29, 0.717) is 17.3 Å². The Bertz CT molecular complexity index is 522. The second kappa shape index (κ2) is 4.88. The normalized spacial score (nSPS) is 10.2. The smallest absolute Gasteiger partial charge is 0.404 e. The van der Waals surface area contributed by atoms with E-state index in [-0.39, 0.29) is 5.88 Å². The molecule has 5 nitrogen and oxygen atoms in total. The SMILES string of the molecule is O=[N+]([O-])c1ccc(CNc2ccc(Cl)cc2)o1. The van der Waals surface area contributed by atoms with Crippen LogP contribution in [0.5, 0.6) is 0 Å². The Morgan fingerprint density at radius 1 is 1.24 bits per heavy atom. The van der Waals surface area contributed by atoms with Crippen LogP contribution in [0.3, 0.4) is 0 Å². The first-order chi connectivity index (χ1) is 8.15. The molecule has 6 heteroatoms. The molecule has 1 heterocycles. The molecule has 2 rings (SSSR count). The first-order valence-electron chi connectivity index (χ1n) is 4.88. The Balaban J connectivity index is 1.97. The number of nitrogens with one attached hydrogen (secondary N) is 1. The predicted octanol–water partition coefficient (Wildman–Crippen LogP) is 3.45. The molecule has 0 spiro atoms. The maximum atomic E-state index is 10.4. The van der Waals surface area contributed by atoms with Crippen LogP contribution >= 0.6 is 11.6 Å². The fraction of sp³-hybridized carbons (Fsp3) is 0.0909. The van der Waals surface area contributed by atoms with E-state index in [0.717, 1.165) is 5.69 Å². The van der Waals surface area contributed by atoms with Crippen LogP contribution in [0.15, 0.2) is 40.8 Å². The highest BCUT2D eigenvalue weighted by Gasteiger charge is 2.11. The second-order valence-corrected chi connectivity index (χ2v) is 3.79. The van der Waals surface area contributed by atoms with Gasteiger partial charge in [-0.05, 0) is 30.3 Å². The average Bonchev–Trinajstić information content (AvgIpc) is 2.77. The van der Waals surface area contributed by atoms with Crippen LogP contribution in [-0.2, 0) is 6.54 Å². The molecule has 0 amide bonds. The highest BCUT2D eigenvalue weighted by atomic mass is 35.5. The fourth-order valence-corrected chi connectivity index (χ4v) is 1.44. The van der Waals surface area contributed by atoms with Gasteiger partial charge in [0.2, 0.25) is 0 Å². The number of nitrogens with zero attached hydrogens (tertiary/aromatic N) is 1. The van der Waals surface area contributed by atoms with Gasteiger partial charge in [-0.15, -0.1) is 0 Å². The van der Waals surface area contributed by atoms with Crippen LogP contribution in [0.1, 0.15) is 5.76 Å². The Labute approximate surface area is 102 Å². The van der Waals surface area contributed by atoms with Gasteiger partial charge < -0.3 is 9.73 Å². The molecule has 1 aromatic carbocycles. The van der Waals surface area contributed by atoms with Crippen molar-refractivity contribution in [2.75, 3.05) is 5.32 Å². The van der Waals surface area contributed by atoms with Gasteiger partial charge in [-0.2, -0.15) is 0 Å². The third-order valence-electron chi connectivity index (χ3n) is 2.14. The lowest BCUT2D eigenvalue weighted by Crippen LogP contribution is -1.97. The van der Waals surface area contributed by atoms with E-state index >= 15 is 0 Å². The lowest BCUT2D eigenvalue weighted by molar-refractivity contribution is -0.402. The molecule has 88 valence electrons. The van der Waals surface area contributed by atoms with Crippen LogP contribution in [0, 0.1) is 10.1 Å². The molecule has 17 heavy (non-hydrogen) atoms. The van der Waals surface area contributed by atoms with E-state index in [1.807, 2.05) is 12.1 Å². The average molecular weight is 253 g/mol. The zero-order valence-corrected chi connectivity index (χ0v) is 9.48. The number of furan rings is 1. The van der Waals surface area contributed by atoms with Crippen molar-refractivity contribution in [2.24, 2.45) is 0 Å². The minimum Gasteiger partial charge on any atom is -0.404 e. The monoisotopic (exact) mass is 252 g/mol. The first kappa shape index (κ1) is 11.5. The summed E-state index contributed by atoms with van der Waals surface area (Å²) in [5, 5.41) is 14.1.